The summed E-state index contributed by atoms with van der Waals surface area (Å²) in [4.78, 5) is 2.43. The summed E-state index contributed by atoms with van der Waals surface area (Å²) >= 11 is 6.01. The van der Waals surface area contributed by atoms with Crippen molar-refractivity contribution in [1.82, 2.24) is 15.1 Å². The number of halogens is 1. The maximum atomic E-state index is 6.01. The molecule has 1 aliphatic heterocycles. The summed E-state index contributed by atoms with van der Waals surface area (Å²) in [6.45, 7) is 10.8. The summed E-state index contributed by atoms with van der Waals surface area (Å²) in [7, 11) is 0. The molecule has 0 spiro atoms. The van der Waals surface area contributed by atoms with Gasteiger partial charge in [-0.05, 0) is 24.3 Å². The van der Waals surface area contributed by atoms with Crippen LogP contribution in [0.15, 0.2) is 30.5 Å². The van der Waals surface area contributed by atoms with E-state index in [2.05, 4.69) is 36.1 Å². The van der Waals surface area contributed by atoms with E-state index in [0.29, 0.717) is 0 Å². The first-order chi connectivity index (χ1) is 10.5. The van der Waals surface area contributed by atoms with Crippen LogP contribution in [0.25, 0.3) is 5.69 Å². The van der Waals surface area contributed by atoms with Crippen molar-refractivity contribution in [2.24, 2.45) is 0 Å². The van der Waals surface area contributed by atoms with E-state index in [1.54, 1.807) is 0 Å². The lowest BCUT2D eigenvalue weighted by atomic mass is 9.90. The molecule has 0 atom stereocenters. The van der Waals surface area contributed by atoms with Crippen molar-refractivity contribution in [2.75, 3.05) is 31.1 Å². The lowest BCUT2D eigenvalue weighted by molar-refractivity contribution is 0.534. The molecule has 4 nitrogen and oxygen atoms in total. The predicted octanol–water partition coefficient (Wildman–Crippen LogP) is 3.23. The molecule has 1 aromatic heterocycles. The Balaban J connectivity index is 2.07. The van der Waals surface area contributed by atoms with Crippen LogP contribution >= 0.6 is 11.6 Å². The molecule has 0 radical (unpaired) electrons. The Hall–Kier alpha value is -1.52. The molecule has 1 fully saturated rings. The molecule has 22 heavy (non-hydrogen) atoms. The van der Waals surface area contributed by atoms with Crippen molar-refractivity contribution in [1.29, 1.82) is 0 Å². The molecule has 2 heterocycles. The Morgan fingerprint density at radius 3 is 2.32 bits per heavy atom. The molecule has 1 aliphatic rings. The highest BCUT2D eigenvalue weighted by Crippen LogP contribution is 2.34. The van der Waals surface area contributed by atoms with Gasteiger partial charge in [-0.2, -0.15) is 5.10 Å². The van der Waals surface area contributed by atoms with Gasteiger partial charge in [0.15, 0.2) is 0 Å². The summed E-state index contributed by atoms with van der Waals surface area (Å²) in [5, 5.41) is 8.82. The van der Waals surface area contributed by atoms with Crippen molar-refractivity contribution in [3.8, 4) is 5.69 Å². The Morgan fingerprint density at radius 1 is 1.09 bits per heavy atom. The number of rotatable bonds is 2. The van der Waals surface area contributed by atoms with E-state index in [1.165, 1.54) is 11.4 Å². The third kappa shape index (κ3) is 2.99. The van der Waals surface area contributed by atoms with E-state index in [-0.39, 0.29) is 5.41 Å². The maximum Gasteiger partial charge on any atom is 0.0796 e. The summed E-state index contributed by atoms with van der Waals surface area (Å²) in [5.41, 5.74) is 3.55. The van der Waals surface area contributed by atoms with Crippen LogP contribution in [-0.2, 0) is 5.41 Å². The second kappa shape index (κ2) is 5.94. The van der Waals surface area contributed by atoms with Crippen LogP contribution in [0.2, 0.25) is 5.02 Å². The Kier molecular flexibility index (Phi) is 4.15. The SMILES string of the molecule is CC(C)(C)c1c(N2CCNCC2)cnn1-c1ccc(Cl)cc1. The lowest BCUT2D eigenvalue weighted by Crippen LogP contribution is -2.44. The number of nitrogens with one attached hydrogen (secondary N) is 1. The first kappa shape index (κ1) is 15.4. The molecule has 0 unspecified atom stereocenters. The van der Waals surface area contributed by atoms with E-state index in [1.807, 2.05) is 35.1 Å². The zero-order chi connectivity index (χ0) is 15.7. The normalized spacial score (nSPS) is 16.1. The molecule has 0 saturated carbocycles. The first-order valence-electron chi connectivity index (χ1n) is 7.77. The van der Waals surface area contributed by atoms with Gasteiger partial charge in [0.25, 0.3) is 0 Å². The van der Waals surface area contributed by atoms with Crippen molar-refractivity contribution < 1.29 is 0 Å². The van der Waals surface area contributed by atoms with Gasteiger partial charge in [0.1, 0.15) is 0 Å². The Morgan fingerprint density at radius 2 is 1.73 bits per heavy atom. The molecule has 0 bridgehead atoms. The number of piperazine rings is 1. The van der Waals surface area contributed by atoms with Crippen LogP contribution in [-0.4, -0.2) is 36.0 Å². The van der Waals surface area contributed by atoms with Crippen molar-refractivity contribution in [2.45, 2.75) is 26.2 Å². The van der Waals surface area contributed by atoms with Crippen LogP contribution in [0.1, 0.15) is 26.5 Å². The van der Waals surface area contributed by atoms with Crippen molar-refractivity contribution in [3.63, 3.8) is 0 Å². The monoisotopic (exact) mass is 318 g/mol. The minimum Gasteiger partial charge on any atom is -0.366 e. The van der Waals surface area contributed by atoms with Gasteiger partial charge >= 0.3 is 0 Å². The van der Waals surface area contributed by atoms with Gasteiger partial charge in [0, 0.05) is 36.6 Å². The van der Waals surface area contributed by atoms with Crippen molar-refractivity contribution >= 4 is 17.3 Å². The zero-order valence-corrected chi connectivity index (χ0v) is 14.2. The third-order valence-electron chi connectivity index (χ3n) is 3.99. The molecule has 2 aromatic rings. The molecule has 0 amide bonds. The lowest BCUT2D eigenvalue weighted by Gasteiger charge is -2.32. The van der Waals surface area contributed by atoms with Crippen LogP contribution in [0.3, 0.4) is 0 Å². The largest absolute Gasteiger partial charge is 0.366 e. The molecule has 118 valence electrons. The van der Waals surface area contributed by atoms with Crippen LogP contribution in [0.4, 0.5) is 5.69 Å². The molecule has 0 aliphatic carbocycles. The van der Waals surface area contributed by atoms with E-state index >= 15 is 0 Å². The summed E-state index contributed by atoms with van der Waals surface area (Å²) in [6.07, 6.45) is 2.00. The molecular weight excluding hydrogens is 296 g/mol. The fourth-order valence-corrected chi connectivity index (χ4v) is 3.08. The Labute approximate surface area is 137 Å². The summed E-state index contributed by atoms with van der Waals surface area (Å²) in [5.74, 6) is 0. The highest BCUT2D eigenvalue weighted by molar-refractivity contribution is 6.30. The molecule has 1 saturated heterocycles. The van der Waals surface area contributed by atoms with Gasteiger partial charge in [-0.1, -0.05) is 32.4 Å². The number of nitrogens with zero attached hydrogens (tertiary/aromatic N) is 3. The summed E-state index contributed by atoms with van der Waals surface area (Å²) < 4.78 is 2.05. The van der Waals surface area contributed by atoms with Crippen molar-refractivity contribution in [3.05, 3.63) is 41.2 Å². The molecular formula is C17H23ClN4. The molecule has 3 rings (SSSR count). The zero-order valence-electron chi connectivity index (χ0n) is 13.4. The molecule has 1 N–H and O–H groups in total. The second-order valence-electron chi connectivity index (χ2n) is 6.75. The van der Waals surface area contributed by atoms with Gasteiger partial charge in [0.05, 0.1) is 23.3 Å². The quantitative estimate of drug-likeness (QED) is 0.923. The fraction of sp³-hybridized carbons (Fsp3) is 0.471. The van der Waals surface area contributed by atoms with E-state index in [0.717, 1.165) is 36.9 Å². The van der Waals surface area contributed by atoms with Gasteiger partial charge in [0.2, 0.25) is 0 Å². The highest BCUT2D eigenvalue weighted by atomic mass is 35.5. The van der Waals surface area contributed by atoms with Gasteiger partial charge in [-0.3, -0.25) is 0 Å². The molecule has 5 heteroatoms. The van der Waals surface area contributed by atoms with Crippen LogP contribution in [0, 0.1) is 0 Å². The van der Waals surface area contributed by atoms with Gasteiger partial charge < -0.3 is 10.2 Å². The smallest absolute Gasteiger partial charge is 0.0796 e. The minimum absolute atomic E-state index is 0.0103. The first-order valence-corrected chi connectivity index (χ1v) is 8.15. The standard InChI is InChI=1S/C17H23ClN4/c1-17(2,3)16-15(21-10-8-19-9-11-21)12-20-22(16)14-6-4-13(18)5-7-14/h4-7,12,19H,8-11H2,1-3H3. The van der Waals surface area contributed by atoms with Crippen LogP contribution in [0.5, 0.6) is 0 Å². The summed E-state index contributed by atoms with van der Waals surface area (Å²) in [6, 6.07) is 7.86. The highest BCUT2D eigenvalue weighted by Gasteiger charge is 2.28. The minimum atomic E-state index is 0.0103. The van der Waals surface area contributed by atoms with E-state index in [4.69, 9.17) is 11.6 Å². The topological polar surface area (TPSA) is 33.1 Å². The number of hydrogen-bond donors (Lipinski definition) is 1. The number of benzene rings is 1. The van der Waals surface area contributed by atoms with Gasteiger partial charge in [-0.15, -0.1) is 0 Å². The maximum absolute atomic E-state index is 6.01. The van der Waals surface area contributed by atoms with E-state index in [9.17, 15) is 0 Å². The molecule has 1 aromatic carbocycles. The van der Waals surface area contributed by atoms with Gasteiger partial charge in [-0.25, -0.2) is 4.68 Å². The average molecular weight is 319 g/mol. The second-order valence-corrected chi connectivity index (χ2v) is 7.19. The fourth-order valence-electron chi connectivity index (χ4n) is 2.96. The third-order valence-corrected chi connectivity index (χ3v) is 4.24. The Bertz CT molecular complexity index is 634. The van der Waals surface area contributed by atoms with Crippen LogP contribution < -0.4 is 10.2 Å². The predicted molar refractivity (Wildman–Crippen MR) is 92.4 cm³/mol. The number of aromatic nitrogens is 2. The number of anilines is 1. The average Bonchev–Trinajstić information content (AvgIpc) is 2.94. The number of hydrogen-bond acceptors (Lipinski definition) is 3. The van der Waals surface area contributed by atoms with E-state index < -0.39 is 0 Å².